The second kappa shape index (κ2) is 6.20. The Labute approximate surface area is 173 Å². The molecule has 1 aromatic carbocycles. The van der Waals surface area contributed by atoms with Crippen molar-refractivity contribution in [2.75, 3.05) is 0 Å². The van der Waals surface area contributed by atoms with Crippen molar-refractivity contribution in [2.24, 2.45) is 34.3 Å². The highest BCUT2D eigenvalue weighted by atomic mass is 16.2. The summed E-state index contributed by atoms with van der Waals surface area (Å²) in [6.45, 7) is 4.67. The first-order valence-corrected chi connectivity index (χ1v) is 11.2. The number of fused-ring (bicyclic) bond motifs is 5. The summed E-state index contributed by atoms with van der Waals surface area (Å²) in [7, 11) is 0. The molecule has 3 aliphatic carbocycles. The summed E-state index contributed by atoms with van der Waals surface area (Å²) < 4.78 is 0. The largest absolute Gasteiger partial charge is 0.369 e. The van der Waals surface area contributed by atoms with Gasteiger partial charge in [0.1, 0.15) is 0 Å². The fourth-order valence-corrected chi connectivity index (χ4v) is 8.12. The average Bonchev–Trinajstić information content (AvgIpc) is 3.03. The molecule has 2 unspecified atom stereocenters. The third kappa shape index (κ3) is 2.32. The molecule has 0 bridgehead atoms. The van der Waals surface area contributed by atoms with Crippen molar-refractivity contribution in [3.05, 3.63) is 48.0 Å². The maximum absolute atomic E-state index is 13.0. The van der Waals surface area contributed by atoms with Crippen LogP contribution in [0.5, 0.6) is 0 Å². The van der Waals surface area contributed by atoms with E-state index in [-0.39, 0.29) is 28.7 Å². The summed E-state index contributed by atoms with van der Waals surface area (Å²) in [6.07, 6.45) is 10.1. The molecule has 4 aliphatic rings. The molecule has 0 spiro atoms. The first-order chi connectivity index (χ1) is 13.8. The number of benzene rings is 1. The van der Waals surface area contributed by atoms with Crippen molar-refractivity contribution >= 4 is 11.8 Å². The van der Waals surface area contributed by atoms with Crippen molar-refractivity contribution < 1.29 is 9.59 Å². The molecule has 4 heteroatoms. The number of primary amides is 1. The maximum Gasteiger partial charge on any atom is 0.243 e. The maximum atomic E-state index is 13.0. The van der Waals surface area contributed by atoms with E-state index >= 15 is 0 Å². The average molecular weight is 393 g/mol. The van der Waals surface area contributed by atoms with Crippen LogP contribution in [0.15, 0.2) is 42.5 Å². The van der Waals surface area contributed by atoms with Crippen LogP contribution in [0.2, 0.25) is 0 Å². The van der Waals surface area contributed by atoms with Crippen LogP contribution >= 0.6 is 0 Å². The molecule has 0 radical (unpaired) electrons. The molecule has 3 fully saturated rings. The Morgan fingerprint density at radius 3 is 2.48 bits per heavy atom. The smallest absolute Gasteiger partial charge is 0.243 e. The topological polar surface area (TPSA) is 72.2 Å². The van der Waals surface area contributed by atoms with Crippen LogP contribution in [0.4, 0.5) is 0 Å². The van der Waals surface area contributed by atoms with Gasteiger partial charge in [0, 0.05) is 11.5 Å². The number of nitrogens with two attached hydrogens (primary N) is 1. The van der Waals surface area contributed by atoms with Crippen molar-refractivity contribution in [1.82, 2.24) is 5.32 Å². The van der Waals surface area contributed by atoms with E-state index in [2.05, 4.69) is 37.4 Å². The van der Waals surface area contributed by atoms with Crippen LogP contribution in [-0.2, 0) is 15.0 Å². The minimum absolute atomic E-state index is 0.0167. The molecule has 4 nitrogen and oxygen atoms in total. The fourth-order valence-electron chi connectivity index (χ4n) is 8.12. The number of nitrogens with one attached hydrogen (secondary N) is 1. The molecule has 7 atom stereocenters. The Morgan fingerprint density at radius 2 is 1.76 bits per heavy atom. The molecule has 3 saturated carbocycles. The monoisotopic (exact) mass is 392 g/mol. The summed E-state index contributed by atoms with van der Waals surface area (Å²) in [5, 5.41) is 3.22. The summed E-state index contributed by atoms with van der Waals surface area (Å²) in [5.41, 5.74) is 6.61. The molecule has 29 heavy (non-hydrogen) atoms. The van der Waals surface area contributed by atoms with E-state index in [1.807, 2.05) is 18.2 Å². The molecular formula is C25H32N2O2. The van der Waals surface area contributed by atoms with Gasteiger partial charge in [0.05, 0.1) is 5.41 Å². The van der Waals surface area contributed by atoms with Crippen molar-refractivity contribution in [3.8, 4) is 0 Å². The predicted molar refractivity (Wildman–Crippen MR) is 113 cm³/mol. The molecule has 0 saturated heterocycles. The number of hydrogen-bond acceptors (Lipinski definition) is 2. The Hall–Kier alpha value is -2.10. The van der Waals surface area contributed by atoms with E-state index in [1.54, 1.807) is 6.08 Å². The van der Waals surface area contributed by atoms with E-state index in [0.29, 0.717) is 17.8 Å². The van der Waals surface area contributed by atoms with Crippen LogP contribution < -0.4 is 11.1 Å². The van der Waals surface area contributed by atoms with Gasteiger partial charge in [-0.2, -0.15) is 0 Å². The Morgan fingerprint density at radius 1 is 1.03 bits per heavy atom. The minimum Gasteiger partial charge on any atom is -0.369 e. The first kappa shape index (κ1) is 18.9. The second-order valence-corrected chi connectivity index (χ2v) is 10.3. The van der Waals surface area contributed by atoms with Gasteiger partial charge in [-0.3, -0.25) is 9.59 Å². The molecule has 2 amide bonds. The van der Waals surface area contributed by atoms with Gasteiger partial charge in [0.25, 0.3) is 0 Å². The highest BCUT2D eigenvalue weighted by Crippen LogP contribution is 2.69. The lowest BCUT2D eigenvalue weighted by atomic mass is 9.45. The van der Waals surface area contributed by atoms with Crippen molar-refractivity contribution in [1.29, 1.82) is 0 Å². The standard InChI is InChI=1S/C25H32N2O2/c1-23-13-12-21(28)27-20(23)9-8-17-18(23)10-14-24(2)19(17)11-15-25(24,22(26)29)16-6-4-3-5-7-16/h3-7,12-13,17-20H,8-11,14-15H2,1-2H3,(H2,26,29)(H,27,28)/t17-,18-,19+,20?,23-,24+,25?/m1/s1. The molecule has 3 N–H and O–H groups in total. The van der Waals surface area contributed by atoms with Gasteiger partial charge < -0.3 is 11.1 Å². The van der Waals surface area contributed by atoms with Gasteiger partial charge in [0.15, 0.2) is 0 Å². The highest BCUT2D eigenvalue weighted by Gasteiger charge is 2.67. The fraction of sp³-hybridized carbons (Fsp3) is 0.600. The first-order valence-electron chi connectivity index (χ1n) is 11.2. The van der Waals surface area contributed by atoms with Crippen LogP contribution in [0, 0.1) is 28.6 Å². The van der Waals surface area contributed by atoms with Crippen molar-refractivity contribution in [2.45, 2.75) is 63.8 Å². The zero-order valence-corrected chi connectivity index (χ0v) is 17.5. The summed E-state index contributed by atoms with van der Waals surface area (Å²) >= 11 is 0. The lowest BCUT2D eigenvalue weighted by Crippen LogP contribution is -2.61. The van der Waals surface area contributed by atoms with Crippen molar-refractivity contribution in [3.63, 3.8) is 0 Å². The number of carbonyl (C=O) groups is 2. The van der Waals surface area contributed by atoms with Gasteiger partial charge in [-0.25, -0.2) is 0 Å². The SMILES string of the molecule is C[C@]12C=CC(=O)NC1CC[C@@H]1[C@H]2CC[C@@]2(C)[C@H]1CCC2(C(N)=O)c1ccccc1. The van der Waals surface area contributed by atoms with E-state index in [4.69, 9.17) is 5.73 Å². The van der Waals surface area contributed by atoms with Crippen LogP contribution in [0.1, 0.15) is 57.9 Å². The second-order valence-electron chi connectivity index (χ2n) is 10.3. The third-order valence-electron chi connectivity index (χ3n) is 9.57. The molecule has 5 rings (SSSR count). The minimum atomic E-state index is -0.571. The van der Waals surface area contributed by atoms with Gasteiger partial charge in [0.2, 0.25) is 11.8 Å². The lowest BCUT2D eigenvalue weighted by Gasteiger charge is -2.60. The van der Waals surface area contributed by atoms with E-state index < -0.39 is 5.41 Å². The normalized spacial score (nSPS) is 45.7. The molecule has 1 aliphatic heterocycles. The number of amides is 2. The molecular weight excluding hydrogens is 360 g/mol. The number of hydrogen-bond donors (Lipinski definition) is 2. The summed E-state index contributed by atoms with van der Waals surface area (Å²) in [4.78, 5) is 25.0. The number of rotatable bonds is 2. The highest BCUT2D eigenvalue weighted by molar-refractivity contribution is 5.89. The number of carbonyl (C=O) groups excluding carboxylic acids is 2. The van der Waals surface area contributed by atoms with Crippen LogP contribution in [0.3, 0.4) is 0 Å². The Bertz CT molecular complexity index is 880. The van der Waals surface area contributed by atoms with E-state index in [9.17, 15) is 9.59 Å². The molecule has 0 aromatic heterocycles. The summed E-state index contributed by atoms with van der Waals surface area (Å²) in [6, 6.07) is 10.5. The van der Waals surface area contributed by atoms with Gasteiger partial charge in [-0.15, -0.1) is 0 Å². The zero-order chi connectivity index (χ0) is 20.4. The Kier molecular flexibility index (Phi) is 4.04. The predicted octanol–water partition coefficient (Wildman–Crippen LogP) is 3.71. The molecule has 1 aromatic rings. The molecule has 1 heterocycles. The third-order valence-corrected chi connectivity index (χ3v) is 9.57. The molecule has 154 valence electrons. The van der Waals surface area contributed by atoms with Gasteiger partial charge >= 0.3 is 0 Å². The van der Waals surface area contributed by atoms with E-state index in [0.717, 1.165) is 44.1 Å². The van der Waals surface area contributed by atoms with Gasteiger partial charge in [-0.1, -0.05) is 50.3 Å². The van der Waals surface area contributed by atoms with Crippen LogP contribution in [0.25, 0.3) is 0 Å². The Balaban J connectivity index is 1.55. The van der Waals surface area contributed by atoms with Gasteiger partial charge in [-0.05, 0) is 73.3 Å². The summed E-state index contributed by atoms with van der Waals surface area (Å²) in [5.74, 6) is 1.52. The quantitative estimate of drug-likeness (QED) is 0.805. The lowest BCUT2D eigenvalue weighted by molar-refractivity contribution is -0.135. The van der Waals surface area contributed by atoms with E-state index in [1.165, 1.54) is 0 Å². The zero-order valence-electron chi connectivity index (χ0n) is 17.5. The van der Waals surface area contributed by atoms with Crippen LogP contribution in [-0.4, -0.2) is 17.9 Å².